The minimum atomic E-state index is -0.148. The van der Waals surface area contributed by atoms with Gasteiger partial charge in [-0.2, -0.15) is 0 Å². The summed E-state index contributed by atoms with van der Waals surface area (Å²) in [5.41, 5.74) is 2.16. The maximum absolute atomic E-state index is 11.7. The van der Waals surface area contributed by atoms with Gasteiger partial charge in [-0.1, -0.05) is 0 Å². The molecule has 0 spiro atoms. The summed E-state index contributed by atoms with van der Waals surface area (Å²) in [4.78, 5) is 26.5. The molecule has 0 heterocycles. The third-order valence-corrected chi connectivity index (χ3v) is 6.48. The minimum Gasteiger partial charge on any atom is -0.392 e. The number of carbonyl (C=O) groups excluding carboxylic acids is 2. The lowest BCUT2D eigenvalue weighted by molar-refractivity contribution is -0.117. The Hall–Kier alpha value is 0.310. The number of hydrogen-bond acceptors (Lipinski definition) is 3. The van der Waals surface area contributed by atoms with Crippen LogP contribution in [0.15, 0.2) is 0 Å². The second kappa shape index (κ2) is 7.73. The smallest absolute Gasteiger partial charge is 0.223 e. The van der Waals surface area contributed by atoms with Crippen LogP contribution in [0.1, 0.15) is 19.4 Å². The third kappa shape index (κ3) is 3.80. The molecule has 2 amide bonds. The summed E-state index contributed by atoms with van der Waals surface area (Å²) in [6, 6.07) is 0. The molecule has 0 aromatic heterocycles. The van der Waals surface area contributed by atoms with Crippen molar-refractivity contribution in [3.05, 3.63) is 16.3 Å². The van der Waals surface area contributed by atoms with Gasteiger partial charge in [0.05, 0.1) is 21.6 Å². The normalized spacial score (nSPS) is 10.5. The Bertz CT molecular complexity index is 558. The number of hydrogen-bond donors (Lipinski definition) is 1. The van der Waals surface area contributed by atoms with Crippen LogP contribution < -0.4 is 9.80 Å². The van der Waals surface area contributed by atoms with E-state index in [0.717, 1.165) is 27.6 Å². The monoisotopic (exact) mass is 628 g/mol. The highest BCUT2D eigenvalue weighted by atomic mass is 127. The molecule has 116 valence electrons. The van der Waals surface area contributed by atoms with Crippen molar-refractivity contribution < 1.29 is 14.7 Å². The molecule has 0 saturated heterocycles. The molecule has 0 aliphatic heterocycles. The lowest BCUT2D eigenvalue weighted by Crippen LogP contribution is -2.29. The van der Waals surface area contributed by atoms with Gasteiger partial charge in [0.1, 0.15) is 0 Å². The number of aliphatic hydroxyl groups excluding tert-OH is 1. The number of aliphatic hydroxyl groups is 1. The molecular weight excluding hydrogens is 613 g/mol. The quantitative estimate of drug-likeness (QED) is 0.525. The van der Waals surface area contributed by atoms with Crippen molar-refractivity contribution in [1.82, 2.24) is 0 Å². The Labute approximate surface area is 164 Å². The minimum absolute atomic E-state index is 0.104. The fourth-order valence-electron chi connectivity index (χ4n) is 1.73. The molecule has 0 radical (unpaired) electrons. The third-order valence-electron chi connectivity index (χ3n) is 3.14. The van der Waals surface area contributed by atoms with E-state index in [0.29, 0.717) is 0 Å². The van der Waals surface area contributed by atoms with E-state index in [2.05, 4.69) is 67.8 Å². The first-order chi connectivity index (χ1) is 9.64. The largest absolute Gasteiger partial charge is 0.392 e. The van der Waals surface area contributed by atoms with E-state index in [1.165, 1.54) is 23.6 Å². The summed E-state index contributed by atoms with van der Waals surface area (Å²) in [6.45, 7) is 2.82. The topological polar surface area (TPSA) is 60.9 Å². The zero-order valence-electron chi connectivity index (χ0n) is 12.0. The summed E-state index contributed by atoms with van der Waals surface area (Å²) < 4.78 is 2.46. The molecule has 1 aromatic rings. The zero-order valence-corrected chi connectivity index (χ0v) is 18.5. The first kappa shape index (κ1) is 19.4. The molecule has 0 unspecified atom stereocenters. The lowest BCUT2D eigenvalue weighted by atomic mass is 10.1. The van der Waals surface area contributed by atoms with Gasteiger partial charge in [-0.05, 0) is 67.8 Å². The van der Waals surface area contributed by atoms with Crippen LogP contribution in [-0.4, -0.2) is 31.0 Å². The van der Waals surface area contributed by atoms with Crippen molar-refractivity contribution >= 4 is 91.0 Å². The highest BCUT2D eigenvalue weighted by Crippen LogP contribution is 2.41. The summed E-state index contributed by atoms with van der Waals surface area (Å²) in [5, 5.41) is 9.66. The summed E-state index contributed by atoms with van der Waals surface area (Å²) in [6.07, 6.45) is 0. The van der Waals surface area contributed by atoms with Crippen LogP contribution in [0.5, 0.6) is 0 Å². The predicted octanol–water partition coefficient (Wildman–Crippen LogP) is 2.96. The van der Waals surface area contributed by atoms with Gasteiger partial charge in [0.25, 0.3) is 0 Å². The van der Waals surface area contributed by atoms with Gasteiger partial charge < -0.3 is 14.9 Å². The summed E-state index contributed by atoms with van der Waals surface area (Å²) >= 11 is 6.41. The maximum atomic E-state index is 11.7. The second-order valence-corrected chi connectivity index (χ2v) is 7.67. The van der Waals surface area contributed by atoms with Crippen LogP contribution >= 0.6 is 67.8 Å². The average molecular weight is 628 g/mol. The van der Waals surface area contributed by atoms with E-state index in [1.807, 2.05) is 0 Å². The molecule has 0 aliphatic carbocycles. The van der Waals surface area contributed by atoms with Crippen LogP contribution in [-0.2, 0) is 16.2 Å². The van der Waals surface area contributed by atoms with Crippen LogP contribution in [0.4, 0.5) is 11.4 Å². The standard InChI is InChI=1S/C13H15I3N2O3/c1-6(20)17(3)12-9(14)8(5-19)10(15)13(11(12)16)18(4)7(2)21/h19H,5H2,1-4H3. The van der Waals surface area contributed by atoms with Crippen molar-refractivity contribution in [3.8, 4) is 0 Å². The Morgan fingerprint density at radius 3 is 1.48 bits per heavy atom. The number of amides is 2. The molecule has 0 saturated carbocycles. The van der Waals surface area contributed by atoms with E-state index >= 15 is 0 Å². The molecule has 1 N–H and O–H groups in total. The molecule has 1 rings (SSSR count). The SMILES string of the molecule is CC(=O)N(C)c1c(I)c(CO)c(I)c(N(C)C(C)=O)c1I. The average Bonchev–Trinajstić information content (AvgIpc) is 2.38. The number of halogens is 3. The fourth-order valence-corrected chi connectivity index (χ4v) is 6.68. The van der Waals surface area contributed by atoms with Gasteiger partial charge >= 0.3 is 0 Å². The van der Waals surface area contributed by atoms with Gasteiger partial charge in [0.2, 0.25) is 11.8 Å². The molecule has 0 fully saturated rings. The Balaban J connectivity index is 3.78. The molecule has 1 aromatic carbocycles. The second-order valence-electron chi connectivity index (χ2n) is 4.43. The molecule has 5 nitrogen and oxygen atoms in total. The number of nitrogens with zero attached hydrogens (tertiary/aromatic N) is 2. The van der Waals surface area contributed by atoms with E-state index < -0.39 is 0 Å². The molecule has 0 atom stereocenters. The highest BCUT2D eigenvalue weighted by Gasteiger charge is 2.26. The van der Waals surface area contributed by atoms with Crippen LogP contribution in [0.25, 0.3) is 0 Å². The van der Waals surface area contributed by atoms with Crippen LogP contribution in [0.2, 0.25) is 0 Å². The number of benzene rings is 1. The van der Waals surface area contributed by atoms with Crippen molar-refractivity contribution in [2.75, 3.05) is 23.9 Å². The van der Waals surface area contributed by atoms with E-state index in [1.54, 1.807) is 14.1 Å². The van der Waals surface area contributed by atoms with Gasteiger partial charge in [0, 0.05) is 40.6 Å². The van der Waals surface area contributed by atoms with Crippen molar-refractivity contribution in [2.45, 2.75) is 20.5 Å². The van der Waals surface area contributed by atoms with Crippen LogP contribution in [0, 0.1) is 10.7 Å². The maximum Gasteiger partial charge on any atom is 0.223 e. The van der Waals surface area contributed by atoms with Gasteiger partial charge in [0.15, 0.2) is 0 Å². The van der Waals surface area contributed by atoms with E-state index in [-0.39, 0.29) is 18.4 Å². The molecule has 0 aliphatic rings. The summed E-state index contributed by atoms with van der Waals surface area (Å²) in [5.74, 6) is -0.209. The highest BCUT2D eigenvalue weighted by molar-refractivity contribution is 14.1. The van der Waals surface area contributed by atoms with Crippen LogP contribution in [0.3, 0.4) is 0 Å². The number of anilines is 2. The van der Waals surface area contributed by atoms with Gasteiger partial charge in [-0.3, -0.25) is 9.59 Å². The number of carbonyl (C=O) groups is 2. The van der Waals surface area contributed by atoms with E-state index in [9.17, 15) is 14.7 Å². The fraction of sp³-hybridized carbons (Fsp3) is 0.385. The predicted molar refractivity (Wildman–Crippen MR) is 109 cm³/mol. The van der Waals surface area contributed by atoms with Crippen molar-refractivity contribution in [3.63, 3.8) is 0 Å². The van der Waals surface area contributed by atoms with Crippen molar-refractivity contribution in [2.24, 2.45) is 0 Å². The summed E-state index contributed by atoms with van der Waals surface area (Å²) in [7, 11) is 3.38. The Morgan fingerprint density at radius 1 is 0.905 bits per heavy atom. The van der Waals surface area contributed by atoms with Gasteiger partial charge in [-0.25, -0.2) is 0 Å². The first-order valence-corrected chi connectivity index (χ1v) is 9.17. The molecular formula is C13H15I3N2O3. The van der Waals surface area contributed by atoms with Gasteiger partial charge in [-0.15, -0.1) is 0 Å². The Morgan fingerprint density at radius 2 is 1.24 bits per heavy atom. The van der Waals surface area contributed by atoms with E-state index in [4.69, 9.17) is 0 Å². The number of rotatable bonds is 3. The molecule has 8 heteroatoms. The lowest BCUT2D eigenvalue weighted by Gasteiger charge is -2.27. The zero-order chi connectivity index (χ0) is 16.5. The Kier molecular flexibility index (Phi) is 7.12. The molecule has 0 bridgehead atoms. The first-order valence-electron chi connectivity index (χ1n) is 5.93. The molecule has 21 heavy (non-hydrogen) atoms. The van der Waals surface area contributed by atoms with Crippen molar-refractivity contribution in [1.29, 1.82) is 0 Å².